The van der Waals surface area contributed by atoms with Crippen LogP contribution in [0.5, 0.6) is 0 Å². The maximum absolute atomic E-state index is 13.1. The molecule has 0 aliphatic carbocycles. The number of anilines is 1. The second-order valence-corrected chi connectivity index (χ2v) is 10.9. The molecule has 0 spiro atoms. The predicted octanol–water partition coefficient (Wildman–Crippen LogP) is 3.81. The number of amides is 2. The number of sulfonamides is 1. The van der Waals surface area contributed by atoms with E-state index in [0.717, 1.165) is 41.6 Å². The minimum Gasteiger partial charge on any atom is -0.332 e. The molecular formula is C25H33N3O4S. The number of aryl methyl sites for hydroxylation is 4. The number of carbonyl (C=O) groups excluding carboxylic acids is 2. The molecule has 1 N–H and O–H groups in total. The van der Waals surface area contributed by atoms with Crippen molar-refractivity contribution in [1.82, 2.24) is 9.21 Å². The highest BCUT2D eigenvalue weighted by Gasteiger charge is 2.27. The van der Waals surface area contributed by atoms with Crippen LogP contribution in [0.3, 0.4) is 0 Å². The zero-order valence-corrected chi connectivity index (χ0v) is 20.9. The predicted molar refractivity (Wildman–Crippen MR) is 130 cm³/mol. The number of benzene rings is 2. The average molecular weight is 472 g/mol. The molecule has 2 aromatic carbocycles. The summed E-state index contributed by atoms with van der Waals surface area (Å²) in [4.78, 5) is 27.2. The van der Waals surface area contributed by atoms with Crippen LogP contribution in [0.2, 0.25) is 0 Å². The van der Waals surface area contributed by atoms with Crippen LogP contribution < -0.4 is 5.32 Å². The molecule has 2 amide bonds. The monoisotopic (exact) mass is 471 g/mol. The smallest absolute Gasteiger partial charge is 0.254 e. The Balaban J connectivity index is 1.76. The maximum Gasteiger partial charge on any atom is 0.254 e. The Morgan fingerprint density at radius 3 is 2.15 bits per heavy atom. The maximum atomic E-state index is 13.1. The van der Waals surface area contributed by atoms with Crippen LogP contribution in [0, 0.1) is 27.7 Å². The molecule has 0 atom stereocenters. The molecule has 1 aliphatic rings. The Bertz CT molecular complexity index is 1150. The lowest BCUT2D eigenvalue weighted by atomic mass is 10.1. The SMILES string of the molecule is Cc1cc(C)c(NC(=O)CN(C)C(=O)c2cc(S(=O)(=O)N3CCCCC3)ccc2C)c(C)c1. The Morgan fingerprint density at radius 1 is 0.939 bits per heavy atom. The second-order valence-electron chi connectivity index (χ2n) is 8.92. The number of piperidine rings is 1. The van der Waals surface area contributed by atoms with Gasteiger partial charge in [0.05, 0.1) is 11.4 Å². The van der Waals surface area contributed by atoms with Gasteiger partial charge in [0.1, 0.15) is 0 Å². The van der Waals surface area contributed by atoms with Crippen molar-refractivity contribution < 1.29 is 18.0 Å². The van der Waals surface area contributed by atoms with E-state index in [1.54, 1.807) is 26.1 Å². The van der Waals surface area contributed by atoms with Crippen molar-refractivity contribution in [3.63, 3.8) is 0 Å². The Morgan fingerprint density at radius 2 is 1.55 bits per heavy atom. The van der Waals surface area contributed by atoms with Crippen LogP contribution in [0.1, 0.15) is 51.9 Å². The Kier molecular flexibility index (Phi) is 7.59. The molecule has 0 aromatic heterocycles. The van der Waals surface area contributed by atoms with Gasteiger partial charge in [-0.15, -0.1) is 0 Å². The van der Waals surface area contributed by atoms with Gasteiger partial charge in [-0.1, -0.05) is 30.2 Å². The van der Waals surface area contributed by atoms with Crippen LogP contribution in [0.4, 0.5) is 5.69 Å². The van der Waals surface area contributed by atoms with Gasteiger partial charge in [0.25, 0.3) is 5.91 Å². The minimum absolute atomic E-state index is 0.113. The number of likely N-dealkylation sites (N-methyl/N-ethyl adjacent to an activating group) is 1. The summed E-state index contributed by atoms with van der Waals surface area (Å²) >= 11 is 0. The summed E-state index contributed by atoms with van der Waals surface area (Å²) in [5.74, 6) is -0.702. The van der Waals surface area contributed by atoms with Crippen molar-refractivity contribution in [2.75, 3.05) is 32.0 Å². The first kappa shape index (κ1) is 24.9. The summed E-state index contributed by atoms with van der Waals surface area (Å²) < 4.78 is 27.6. The third-order valence-electron chi connectivity index (χ3n) is 6.06. The zero-order valence-electron chi connectivity index (χ0n) is 20.1. The quantitative estimate of drug-likeness (QED) is 0.694. The van der Waals surface area contributed by atoms with E-state index < -0.39 is 15.9 Å². The van der Waals surface area contributed by atoms with E-state index in [0.29, 0.717) is 18.7 Å². The Hall–Kier alpha value is -2.71. The lowest BCUT2D eigenvalue weighted by Crippen LogP contribution is -2.37. The van der Waals surface area contributed by atoms with Gasteiger partial charge in [-0.05, 0) is 69.4 Å². The number of hydrogen-bond donors (Lipinski definition) is 1. The summed E-state index contributed by atoms with van der Waals surface area (Å²) in [6, 6.07) is 8.62. The lowest BCUT2D eigenvalue weighted by Gasteiger charge is -2.26. The van der Waals surface area contributed by atoms with Crippen LogP contribution in [-0.2, 0) is 14.8 Å². The largest absolute Gasteiger partial charge is 0.332 e. The van der Waals surface area contributed by atoms with Crippen molar-refractivity contribution in [3.05, 3.63) is 58.1 Å². The first-order chi connectivity index (χ1) is 15.5. The summed E-state index contributed by atoms with van der Waals surface area (Å²) in [7, 11) is -2.11. The van der Waals surface area contributed by atoms with Crippen LogP contribution in [0.15, 0.2) is 35.2 Å². The second kappa shape index (κ2) is 10.1. The van der Waals surface area contributed by atoms with Crippen molar-refractivity contribution in [2.24, 2.45) is 0 Å². The molecule has 2 aromatic rings. The highest BCUT2D eigenvalue weighted by Crippen LogP contribution is 2.24. The van der Waals surface area contributed by atoms with Crippen LogP contribution >= 0.6 is 0 Å². The molecule has 33 heavy (non-hydrogen) atoms. The summed E-state index contributed by atoms with van der Waals surface area (Å²) in [6.07, 6.45) is 2.71. The van der Waals surface area contributed by atoms with Gasteiger partial charge < -0.3 is 10.2 Å². The standard InChI is InChI=1S/C25H33N3O4S/c1-17-13-19(3)24(20(4)14-17)26-23(29)16-27(5)25(30)22-15-21(10-9-18(22)2)33(31,32)28-11-7-6-8-12-28/h9-10,13-15H,6-8,11-12,16H2,1-5H3,(H,26,29). The van der Waals surface area contributed by atoms with Gasteiger partial charge in [-0.25, -0.2) is 8.42 Å². The minimum atomic E-state index is -3.65. The molecule has 1 heterocycles. The third kappa shape index (κ3) is 5.62. The molecule has 0 radical (unpaired) electrons. The molecule has 1 aliphatic heterocycles. The van der Waals surface area contributed by atoms with E-state index in [1.807, 2.05) is 32.9 Å². The van der Waals surface area contributed by atoms with Crippen LogP contribution in [0.25, 0.3) is 0 Å². The molecule has 0 unspecified atom stereocenters. The molecule has 178 valence electrons. The fraction of sp³-hybridized carbons (Fsp3) is 0.440. The summed E-state index contributed by atoms with van der Waals surface area (Å²) in [6.45, 7) is 8.48. The van der Waals surface area contributed by atoms with Gasteiger partial charge in [-0.3, -0.25) is 9.59 Å². The van der Waals surface area contributed by atoms with E-state index in [1.165, 1.54) is 15.3 Å². The van der Waals surface area contributed by atoms with Crippen molar-refractivity contribution in [2.45, 2.75) is 51.9 Å². The molecule has 0 bridgehead atoms. The summed E-state index contributed by atoms with van der Waals surface area (Å²) in [5, 5.41) is 2.90. The molecule has 8 heteroatoms. The number of nitrogens with one attached hydrogen (secondary N) is 1. The van der Waals surface area contributed by atoms with E-state index in [4.69, 9.17) is 0 Å². The highest BCUT2D eigenvalue weighted by molar-refractivity contribution is 7.89. The molecule has 7 nitrogen and oxygen atoms in total. The van der Waals surface area contributed by atoms with Gasteiger partial charge in [-0.2, -0.15) is 4.31 Å². The lowest BCUT2D eigenvalue weighted by molar-refractivity contribution is -0.116. The molecule has 3 rings (SSSR count). The normalized spacial score (nSPS) is 14.7. The van der Waals surface area contributed by atoms with E-state index in [9.17, 15) is 18.0 Å². The van der Waals surface area contributed by atoms with Gasteiger partial charge in [0, 0.05) is 31.4 Å². The number of hydrogen-bond acceptors (Lipinski definition) is 4. The highest BCUT2D eigenvalue weighted by atomic mass is 32.2. The molecular weight excluding hydrogens is 438 g/mol. The fourth-order valence-electron chi connectivity index (χ4n) is 4.30. The van der Waals surface area contributed by atoms with Gasteiger partial charge in [0.15, 0.2) is 0 Å². The zero-order chi connectivity index (χ0) is 24.3. The number of rotatable bonds is 6. The first-order valence-corrected chi connectivity index (χ1v) is 12.7. The van der Waals surface area contributed by atoms with Crippen molar-refractivity contribution in [3.8, 4) is 0 Å². The first-order valence-electron chi connectivity index (χ1n) is 11.2. The van der Waals surface area contributed by atoms with E-state index in [2.05, 4.69) is 5.32 Å². The summed E-state index contributed by atoms with van der Waals surface area (Å²) in [5.41, 5.74) is 4.73. The number of nitrogens with zero attached hydrogens (tertiary/aromatic N) is 2. The average Bonchev–Trinajstić information content (AvgIpc) is 2.76. The van der Waals surface area contributed by atoms with Gasteiger partial charge in [0.2, 0.25) is 15.9 Å². The molecule has 1 saturated heterocycles. The number of carbonyl (C=O) groups is 2. The molecule has 1 fully saturated rings. The van der Waals surface area contributed by atoms with E-state index in [-0.39, 0.29) is 22.9 Å². The van der Waals surface area contributed by atoms with Crippen molar-refractivity contribution >= 4 is 27.5 Å². The third-order valence-corrected chi connectivity index (χ3v) is 7.96. The van der Waals surface area contributed by atoms with Crippen LogP contribution in [-0.4, -0.2) is 56.1 Å². The van der Waals surface area contributed by atoms with E-state index >= 15 is 0 Å². The molecule has 0 saturated carbocycles. The van der Waals surface area contributed by atoms with Crippen molar-refractivity contribution in [1.29, 1.82) is 0 Å². The topological polar surface area (TPSA) is 86.8 Å². The van der Waals surface area contributed by atoms with Gasteiger partial charge >= 0.3 is 0 Å². The Labute approximate surface area is 196 Å². The fourth-order valence-corrected chi connectivity index (χ4v) is 5.84.